The maximum absolute atomic E-state index is 12.3. The summed E-state index contributed by atoms with van der Waals surface area (Å²) < 4.78 is 0. The molecule has 1 saturated heterocycles. The van der Waals surface area contributed by atoms with Gasteiger partial charge in [-0.3, -0.25) is 9.59 Å². The van der Waals surface area contributed by atoms with Gasteiger partial charge in [-0.15, -0.1) is 0 Å². The van der Waals surface area contributed by atoms with Crippen molar-refractivity contribution in [2.75, 3.05) is 6.54 Å². The minimum Gasteiger partial charge on any atom is -0.352 e. The van der Waals surface area contributed by atoms with Gasteiger partial charge in [-0.2, -0.15) is 0 Å². The Labute approximate surface area is 143 Å². The van der Waals surface area contributed by atoms with Crippen LogP contribution in [0.25, 0.3) is 0 Å². The van der Waals surface area contributed by atoms with Crippen molar-refractivity contribution in [1.29, 1.82) is 0 Å². The molecular weight excluding hydrogens is 302 g/mol. The highest BCUT2D eigenvalue weighted by atomic mass is 16.2. The van der Waals surface area contributed by atoms with Gasteiger partial charge in [0.15, 0.2) is 0 Å². The van der Waals surface area contributed by atoms with Gasteiger partial charge in [-0.25, -0.2) is 0 Å². The largest absolute Gasteiger partial charge is 0.352 e. The van der Waals surface area contributed by atoms with Crippen LogP contribution < -0.4 is 11.1 Å². The third-order valence-electron chi connectivity index (χ3n) is 5.09. The zero-order valence-corrected chi connectivity index (χ0v) is 14.2. The first-order valence-corrected chi connectivity index (χ1v) is 9.00. The second-order valence-electron chi connectivity index (χ2n) is 7.08. The number of hydrogen-bond acceptors (Lipinski definition) is 3. The van der Waals surface area contributed by atoms with E-state index in [-0.39, 0.29) is 23.8 Å². The lowest BCUT2D eigenvalue weighted by atomic mass is 9.85. The summed E-state index contributed by atoms with van der Waals surface area (Å²) in [7, 11) is 0. The van der Waals surface area contributed by atoms with E-state index >= 15 is 0 Å². The van der Waals surface area contributed by atoms with Gasteiger partial charge in [-0.1, -0.05) is 30.7 Å². The maximum Gasteiger partial charge on any atom is 0.223 e. The molecule has 3 N–H and O–H groups in total. The number of nitrogens with zero attached hydrogens (tertiary/aromatic N) is 1. The Morgan fingerprint density at radius 3 is 2.83 bits per heavy atom. The molecule has 1 saturated carbocycles. The molecule has 0 radical (unpaired) electrons. The molecule has 2 amide bonds. The van der Waals surface area contributed by atoms with Crippen molar-refractivity contribution in [1.82, 2.24) is 10.2 Å². The molecule has 2 aliphatic rings. The van der Waals surface area contributed by atoms with Crippen LogP contribution in [0.3, 0.4) is 0 Å². The molecule has 2 atom stereocenters. The summed E-state index contributed by atoms with van der Waals surface area (Å²) >= 11 is 0. The van der Waals surface area contributed by atoms with Gasteiger partial charge >= 0.3 is 0 Å². The maximum atomic E-state index is 12.3. The molecule has 2 fully saturated rings. The molecule has 130 valence electrons. The summed E-state index contributed by atoms with van der Waals surface area (Å²) in [6, 6.07) is 8.29. The lowest BCUT2D eigenvalue weighted by molar-refractivity contribution is -0.128. The summed E-state index contributed by atoms with van der Waals surface area (Å²) in [5.74, 6) is 0.409. The summed E-state index contributed by atoms with van der Waals surface area (Å²) in [5, 5.41) is 3.04. The van der Waals surface area contributed by atoms with E-state index in [9.17, 15) is 9.59 Å². The minimum atomic E-state index is 0.0548. The Hall–Kier alpha value is -1.88. The Bertz CT molecular complexity index is 602. The normalized spacial score (nSPS) is 24.2. The lowest BCUT2D eigenvalue weighted by Gasteiger charge is -2.25. The molecule has 0 bridgehead atoms. The molecule has 24 heavy (non-hydrogen) atoms. The van der Waals surface area contributed by atoms with E-state index in [2.05, 4.69) is 11.4 Å². The van der Waals surface area contributed by atoms with Gasteiger partial charge in [0.25, 0.3) is 0 Å². The summed E-state index contributed by atoms with van der Waals surface area (Å²) in [6.45, 7) is 2.05. The van der Waals surface area contributed by atoms with Crippen LogP contribution in [0.2, 0.25) is 0 Å². The quantitative estimate of drug-likeness (QED) is 0.867. The fourth-order valence-electron chi connectivity index (χ4n) is 3.73. The molecule has 1 aromatic rings. The molecule has 0 aromatic heterocycles. The first-order valence-electron chi connectivity index (χ1n) is 9.00. The predicted octanol–water partition coefficient (Wildman–Crippen LogP) is 1.94. The van der Waals surface area contributed by atoms with Crippen LogP contribution >= 0.6 is 0 Å². The molecule has 1 heterocycles. The molecule has 1 aromatic carbocycles. The molecule has 5 nitrogen and oxygen atoms in total. The SMILES string of the molecule is NC1CCCC(C(=O)NCc2cccc(CN3CCCC3=O)c2)C1. The predicted molar refractivity (Wildman–Crippen MR) is 92.9 cm³/mol. The van der Waals surface area contributed by atoms with Crippen LogP contribution in [0.15, 0.2) is 24.3 Å². The fraction of sp³-hybridized carbons (Fsp3) is 0.579. The summed E-state index contributed by atoms with van der Waals surface area (Å²) in [4.78, 5) is 25.9. The first kappa shape index (κ1) is 17.0. The van der Waals surface area contributed by atoms with Gasteiger partial charge in [0, 0.05) is 38.0 Å². The van der Waals surface area contributed by atoms with Crippen molar-refractivity contribution in [3.8, 4) is 0 Å². The second kappa shape index (κ2) is 7.79. The topological polar surface area (TPSA) is 75.4 Å². The monoisotopic (exact) mass is 329 g/mol. The van der Waals surface area contributed by atoms with E-state index in [0.29, 0.717) is 19.5 Å². The molecule has 1 aliphatic carbocycles. The van der Waals surface area contributed by atoms with Crippen LogP contribution in [0.1, 0.15) is 49.7 Å². The molecular formula is C19H27N3O2. The molecule has 1 aliphatic heterocycles. The number of amides is 2. The van der Waals surface area contributed by atoms with E-state index in [0.717, 1.165) is 49.8 Å². The van der Waals surface area contributed by atoms with Crippen LogP contribution in [0.4, 0.5) is 0 Å². The highest BCUT2D eigenvalue weighted by Crippen LogP contribution is 2.23. The van der Waals surface area contributed by atoms with Crippen LogP contribution in [-0.4, -0.2) is 29.3 Å². The van der Waals surface area contributed by atoms with Crippen molar-refractivity contribution in [3.63, 3.8) is 0 Å². The number of carbonyl (C=O) groups excluding carboxylic acids is 2. The minimum absolute atomic E-state index is 0.0548. The lowest BCUT2D eigenvalue weighted by Crippen LogP contribution is -2.37. The number of benzene rings is 1. The number of nitrogens with two attached hydrogens (primary N) is 1. The Morgan fingerprint density at radius 1 is 1.25 bits per heavy atom. The van der Waals surface area contributed by atoms with Gasteiger partial charge in [0.2, 0.25) is 11.8 Å². The first-order chi connectivity index (χ1) is 11.6. The van der Waals surface area contributed by atoms with Crippen LogP contribution in [0.5, 0.6) is 0 Å². The number of carbonyl (C=O) groups is 2. The number of nitrogens with one attached hydrogen (secondary N) is 1. The summed E-state index contributed by atoms with van der Waals surface area (Å²) in [6.07, 6.45) is 5.43. The third-order valence-corrected chi connectivity index (χ3v) is 5.09. The van der Waals surface area contributed by atoms with Gasteiger partial charge in [0.1, 0.15) is 0 Å². The zero-order chi connectivity index (χ0) is 16.9. The van der Waals surface area contributed by atoms with Crippen molar-refractivity contribution < 1.29 is 9.59 Å². The van der Waals surface area contributed by atoms with Gasteiger partial charge in [0.05, 0.1) is 0 Å². The second-order valence-corrected chi connectivity index (χ2v) is 7.08. The third kappa shape index (κ3) is 4.35. The smallest absolute Gasteiger partial charge is 0.223 e. The standard InChI is InChI=1S/C19H27N3O2/c20-17-7-2-6-16(11-17)19(24)21-12-14-4-1-5-15(10-14)13-22-9-3-8-18(22)23/h1,4-5,10,16-17H,2-3,6-9,11-13,20H2,(H,21,24). The van der Waals surface area contributed by atoms with E-state index in [1.165, 1.54) is 0 Å². The molecule has 3 rings (SSSR count). The zero-order valence-electron chi connectivity index (χ0n) is 14.2. The van der Waals surface area contributed by atoms with E-state index in [1.54, 1.807) is 0 Å². The van der Waals surface area contributed by atoms with Gasteiger partial charge < -0.3 is 16.0 Å². The highest BCUT2D eigenvalue weighted by molar-refractivity contribution is 5.79. The van der Waals surface area contributed by atoms with Crippen LogP contribution in [0, 0.1) is 5.92 Å². The van der Waals surface area contributed by atoms with Gasteiger partial charge in [-0.05, 0) is 36.8 Å². The Kier molecular flexibility index (Phi) is 5.51. The average molecular weight is 329 g/mol. The number of rotatable bonds is 5. The van der Waals surface area contributed by atoms with Crippen molar-refractivity contribution in [3.05, 3.63) is 35.4 Å². The average Bonchev–Trinajstić information content (AvgIpc) is 2.98. The molecule has 5 heteroatoms. The van der Waals surface area contributed by atoms with Crippen LogP contribution in [-0.2, 0) is 22.7 Å². The number of likely N-dealkylation sites (tertiary alicyclic amines) is 1. The Balaban J connectivity index is 1.52. The van der Waals surface area contributed by atoms with E-state index < -0.39 is 0 Å². The molecule has 0 spiro atoms. The molecule has 2 unspecified atom stereocenters. The van der Waals surface area contributed by atoms with Crippen molar-refractivity contribution in [2.45, 2.75) is 57.7 Å². The fourth-order valence-corrected chi connectivity index (χ4v) is 3.73. The number of hydrogen-bond donors (Lipinski definition) is 2. The Morgan fingerprint density at radius 2 is 2.08 bits per heavy atom. The van der Waals surface area contributed by atoms with Crippen molar-refractivity contribution in [2.24, 2.45) is 11.7 Å². The van der Waals surface area contributed by atoms with E-state index in [4.69, 9.17) is 5.73 Å². The summed E-state index contributed by atoms with van der Waals surface area (Å²) in [5.41, 5.74) is 8.17. The highest BCUT2D eigenvalue weighted by Gasteiger charge is 2.25. The van der Waals surface area contributed by atoms with E-state index in [1.807, 2.05) is 23.1 Å². The van der Waals surface area contributed by atoms with Crippen molar-refractivity contribution >= 4 is 11.8 Å².